The molecule has 0 radical (unpaired) electrons. The molecular weight excluding hydrogens is 393 g/mol. The Kier molecular flexibility index (Phi) is 5.66. The average molecular weight is 422 g/mol. The number of hydrogen-bond donors (Lipinski definition) is 0. The topological polar surface area (TPSA) is 45.4 Å². The van der Waals surface area contributed by atoms with E-state index in [2.05, 4.69) is 27.0 Å². The van der Waals surface area contributed by atoms with Gasteiger partial charge in [-0.25, -0.2) is 0 Å². The second-order valence-electron chi connectivity index (χ2n) is 9.22. The van der Waals surface area contributed by atoms with Crippen LogP contribution in [-0.4, -0.2) is 53.2 Å². The van der Waals surface area contributed by atoms with Crippen molar-refractivity contribution in [2.75, 3.05) is 33.2 Å². The van der Waals surface area contributed by atoms with Crippen molar-refractivity contribution in [3.8, 4) is 0 Å². The van der Waals surface area contributed by atoms with Crippen LogP contribution in [0.25, 0.3) is 0 Å². The van der Waals surface area contributed by atoms with E-state index in [9.17, 15) is 13.2 Å². The second-order valence-corrected chi connectivity index (χ2v) is 9.22. The zero-order chi connectivity index (χ0) is 21.5. The molecule has 0 bridgehead atoms. The van der Waals surface area contributed by atoms with Gasteiger partial charge in [-0.15, -0.1) is 10.2 Å². The monoisotopic (exact) mass is 422 g/mol. The van der Waals surface area contributed by atoms with Crippen LogP contribution in [0.5, 0.6) is 0 Å². The molecule has 1 aromatic carbocycles. The van der Waals surface area contributed by atoms with E-state index in [1.54, 1.807) is 6.07 Å². The summed E-state index contributed by atoms with van der Waals surface area (Å²) < 4.78 is 45.0. The molecule has 8 heteroatoms. The summed E-state index contributed by atoms with van der Waals surface area (Å²) in [6.45, 7) is 8.21. The van der Waals surface area contributed by atoms with Crippen LogP contribution in [-0.2, 0) is 12.7 Å². The van der Waals surface area contributed by atoms with E-state index >= 15 is 0 Å². The SMILES string of the molecule is CC(C)c1nnc(C2CN(C)CC23CCN(Cc2cccc(C(F)(F)F)c2)CC3)o1. The maximum Gasteiger partial charge on any atom is 0.416 e. The van der Waals surface area contributed by atoms with Gasteiger partial charge in [0, 0.05) is 25.6 Å². The predicted octanol–water partition coefficient (Wildman–Crippen LogP) is 4.52. The maximum atomic E-state index is 13.0. The van der Waals surface area contributed by atoms with Crippen LogP contribution >= 0.6 is 0 Å². The number of rotatable bonds is 4. The fraction of sp³-hybridized carbons (Fsp3) is 0.636. The Morgan fingerprint density at radius 2 is 1.93 bits per heavy atom. The van der Waals surface area contributed by atoms with Crippen molar-refractivity contribution in [1.29, 1.82) is 0 Å². The Bertz CT molecular complexity index is 871. The molecule has 0 aliphatic carbocycles. The highest BCUT2D eigenvalue weighted by atomic mass is 19.4. The van der Waals surface area contributed by atoms with Gasteiger partial charge < -0.3 is 9.32 Å². The van der Waals surface area contributed by atoms with Crippen LogP contribution in [0, 0.1) is 5.41 Å². The Hall–Kier alpha value is -1.93. The molecule has 1 atom stereocenters. The van der Waals surface area contributed by atoms with Crippen molar-refractivity contribution in [3.05, 3.63) is 47.2 Å². The number of piperidine rings is 1. The predicted molar refractivity (Wildman–Crippen MR) is 107 cm³/mol. The third-order valence-electron chi connectivity index (χ3n) is 6.58. The van der Waals surface area contributed by atoms with Crippen LogP contribution in [0.2, 0.25) is 0 Å². The van der Waals surface area contributed by atoms with Crippen molar-refractivity contribution in [2.24, 2.45) is 5.41 Å². The number of aromatic nitrogens is 2. The Labute approximate surface area is 175 Å². The molecule has 1 unspecified atom stereocenters. The number of halogens is 3. The molecule has 2 aromatic rings. The van der Waals surface area contributed by atoms with Gasteiger partial charge in [0.05, 0.1) is 11.5 Å². The minimum absolute atomic E-state index is 0.0832. The summed E-state index contributed by atoms with van der Waals surface area (Å²) >= 11 is 0. The molecule has 0 saturated carbocycles. The number of likely N-dealkylation sites (tertiary alicyclic amines) is 2. The molecule has 1 aromatic heterocycles. The van der Waals surface area contributed by atoms with Crippen molar-refractivity contribution >= 4 is 0 Å². The molecule has 4 rings (SSSR count). The van der Waals surface area contributed by atoms with E-state index in [0.29, 0.717) is 18.0 Å². The highest BCUT2D eigenvalue weighted by Gasteiger charge is 2.50. The lowest BCUT2D eigenvalue weighted by atomic mass is 9.70. The van der Waals surface area contributed by atoms with E-state index in [-0.39, 0.29) is 17.3 Å². The Morgan fingerprint density at radius 1 is 1.20 bits per heavy atom. The summed E-state index contributed by atoms with van der Waals surface area (Å²) in [7, 11) is 2.12. The molecule has 5 nitrogen and oxygen atoms in total. The quantitative estimate of drug-likeness (QED) is 0.725. The summed E-state index contributed by atoms with van der Waals surface area (Å²) in [6, 6.07) is 5.66. The fourth-order valence-corrected chi connectivity index (χ4v) is 4.95. The average Bonchev–Trinajstić information content (AvgIpc) is 3.28. The van der Waals surface area contributed by atoms with Crippen LogP contribution in [0.3, 0.4) is 0 Å². The first-order valence-corrected chi connectivity index (χ1v) is 10.6. The number of nitrogens with zero attached hydrogens (tertiary/aromatic N) is 4. The lowest BCUT2D eigenvalue weighted by molar-refractivity contribution is -0.137. The number of benzene rings is 1. The van der Waals surface area contributed by atoms with Crippen molar-refractivity contribution in [3.63, 3.8) is 0 Å². The van der Waals surface area contributed by atoms with Crippen LogP contribution in [0.1, 0.15) is 61.4 Å². The number of alkyl halides is 3. The molecule has 1 spiro atoms. The van der Waals surface area contributed by atoms with Crippen molar-refractivity contribution < 1.29 is 17.6 Å². The maximum absolute atomic E-state index is 13.0. The summed E-state index contributed by atoms with van der Waals surface area (Å²) in [5.74, 6) is 1.82. The molecular formula is C22H29F3N4O. The van der Waals surface area contributed by atoms with E-state index in [1.165, 1.54) is 12.1 Å². The van der Waals surface area contributed by atoms with Gasteiger partial charge in [0.1, 0.15) is 0 Å². The van der Waals surface area contributed by atoms with Crippen molar-refractivity contribution in [2.45, 2.75) is 51.2 Å². The second kappa shape index (κ2) is 7.96. The summed E-state index contributed by atoms with van der Waals surface area (Å²) in [5.41, 5.74) is 0.211. The molecule has 164 valence electrons. The summed E-state index contributed by atoms with van der Waals surface area (Å²) in [6.07, 6.45) is -2.36. The van der Waals surface area contributed by atoms with Gasteiger partial charge in [0.25, 0.3) is 0 Å². The molecule has 0 amide bonds. The third-order valence-corrected chi connectivity index (χ3v) is 6.58. The standard InChI is InChI=1S/C22H29F3N4O/c1-15(2)19-26-27-20(30-19)18-13-28(3)14-21(18)7-9-29(10-8-21)12-16-5-4-6-17(11-16)22(23,24)25/h4-6,11,15,18H,7-10,12-14H2,1-3H3. The van der Waals surface area contributed by atoms with E-state index in [0.717, 1.165) is 51.0 Å². The highest BCUT2D eigenvalue weighted by molar-refractivity contribution is 5.25. The Morgan fingerprint density at radius 3 is 2.57 bits per heavy atom. The van der Waals surface area contributed by atoms with Crippen LogP contribution in [0.4, 0.5) is 13.2 Å². The van der Waals surface area contributed by atoms with Crippen LogP contribution in [0.15, 0.2) is 28.7 Å². The molecule has 3 heterocycles. The minimum Gasteiger partial charge on any atom is -0.425 e. The van der Waals surface area contributed by atoms with E-state index in [4.69, 9.17) is 4.42 Å². The molecule has 0 N–H and O–H groups in total. The van der Waals surface area contributed by atoms with Crippen LogP contribution < -0.4 is 0 Å². The molecule has 30 heavy (non-hydrogen) atoms. The van der Waals surface area contributed by atoms with Gasteiger partial charge in [-0.05, 0) is 50.0 Å². The summed E-state index contributed by atoms with van der Waals surface area (Å²) in [4.78, 5) is 4.58. The van der Waals surface area contributed by atoms with Gasteiger partial charge in [0.2, 0.25) is 11.8 Å². The molecule has 2 aliphatic heterocycles. The van der Waals surface area contributed by atoms with Gasteiger partial charge in [-0.3, -0.25) is 4.90 Å². The zero-order valence-corrected chi connectivity index (χ0v) is 17.7. The van der Waals surface area contributed by atoms with Gasteiger partial charge in [-0.1, -0.05) is 32.0 Å². The highest BCUT2D eigenvalue weighted by Crippen LogP contribution is 2.49. The molecule has 2 fully saturated rings. The van der Waals surface area contributed by atoms with Crippen molar-refractivity contribution in [1.82, 2.24) is 20.0 Å². The zero-order valence-electron chi connectivity index (χ0n) is 17.7. The minimum atomic E-state index is -4.30. The largest absolute Gasteiger partial charge is 0.425 e. The van der Waals surface area contributed by atoms with Gasteiger partial charge in [0.15, 0.2) is 0 Å². The van der Waals surface area contributed by atoms with E-state index < -0.39 is 11.7 Å². The molecule has 2 aliphatic rings. The first kappa shape index (κ1) is 21.3. The normalized spacial score (nSPS) is 23.0. The third kappa shape index (κ3) is 4.25. The van der Waals surface area contributed by atoms with E-state index in [1.807, 2.05) is 13.8 Å². The lowest BCUT2D eigenvalue weighted by Gasteiger charge is -2.41. The summed E-state index contributed by atoms with van der Waals surface area (Å²) in [5, 5.41) is 8.58. The number of hydrogen-bond acceptors (Lipinski definition) is 5. The first-order chi connectivity index (χ1) is 14.2. The van der Waals surface area contributed by atoms with Gasteiger partial charge >= 0.3 is 6.18 Å². The smallest absolute Gasteiger partial charge is 0.416 e. The number of likely N-dealkylation sites (N-methyl/N-ethyl adjacent to an activating group) is 1. The van der Waals surface area contributed by atoms with Gasteiger partial charge in [-0.2, -0.15) is 13.2 Å². The molecule has 2 saturated heterocycles. The first-order valence-electron chi connectivity index (χ1n) is 10.6. The fourth-order valence-electron chi connectivity index (χ4n) is 4.95. The Balaban J connectivity index is 1.44. The lowest BCUT2D eigenvalue weighted by Crippen LogP contribution is -2.43.